The van der Waals surface area contributed by atoms with Crippen molar-refractivity contribution >= 4 is 5.91 Å². The summed E-state index contributed by atoms with van der Waals surface area (Å²) in [4.78, 5) is 20.1. The highest BCUT2D eigenvalue weighted by Gasteiger charge is 2.34. The SMILES string of the molecule is C[C@@H]1CCCN(C(=O)c2cc(F)c(F)cc2-n2nccn2)[C@@H]1CCc1ccc(C(F)(F)F)cn1. The summed E-state index contributed by atoms with van der Waals surface area (Å²) in [6.45, 7) is 2.41. The Labute approximate surface area is 192 Å². The molecule has 0 radical (unpaired) electrons. The van der Waals surface area contributed by atoms with Crippen LogP contribution in [0.5, 0.6) is 0 Å². The number of carbonyl (C=O) groups is 1. The van der Waals surface area contributed by atoms with E-state index in [9.17, 15) is 26.7 Å². The summed E-state index contributed by atoms with van der Waals surface area (Å²) in [5.74, 6) is -2.66. The van der Waals surface area contributed by atoms with Gasteiger partial charge in [-0.15, -0.1) is 0 Å². The number of aryl methyl sites for hydroxylation is 1. The number of halogens is 5. The van der Waals surface area contributed by atoms with E-state index in [2.05, 4.69) is 15.2 Å². The van der Waals surface area contributed by atoms with Crippen LogP contribution in [0.1, 0.15) is 47.8 Å². The molecule has 6 nitrogen and oxygen atoms in total. The molecule has 0 unspecified atom stereocenters. The number of pyridine rings is 1. The minimum atomic E-state index is -4.46. The predicted octanol–water partition coefficient (Wildman–Crippen LogP) is 4.83. The monoisotopic (exact) mass is 479 g/mol. The number of piperidine rings is 1. The van der Waals surface area contributed by atoms with Crippen LogP contribution < -0.4 is 0 Å². The first-order valence-corrected chi connectivity index (χ1v) is 10.8. The van der Waals surface area contributed by atoms with Crippen LogP contribution in [0.2, 0.25) is 0 Å². The Morgan fingerprint density at radius 3 is 2.47 bits per heavy atom. The van der Waals surface area contributed by atoms with Crippen molar-refractivity contribution in [1.82, 2.24) is 24.9 Å². The van der Waals surface area contributed by atoms with Crippen molar-refractivity contribution in [3.8, 4) is 5.69 Å². The zero-order valence-corrected chi connectivity index (χ0v) is 18.3. The van der Waals surface area contributed by atoms with Crippen molar-refractivity contribution in [3.05, 3.63) is 71.3 Å². The molecule has 1 aromatic carbocycles. The number of likely N-dealkylation sites (tertiary alicyclic amines) is 1. The molecule has 2 aromatic heterocycles. The second kappa shape index (κ2) is 9.47. The Morgan fingerprint density at radius 2 is 1.82 bits per heavy atom. The lowest BCUT2D eigenvalue weighted by atomic mass is 9.86. The summed E-state index contributed by atoms with van der Waals surface area (Å²) < 4.78 is 66.4. The zero-order chi connectivity index (χ0) is 24.5. The van der Waals surface area contributed by atoms with Gasteiger partial charge >= 0.3 is 6.18 Å². The predicted molar refractivity (Wildman–Crippen MR) is 112 cm³/mol. The molecule has 1 amide bonds. The Kier molecular flexibility index (Phi) is 6.63. The van der Waals surface area contributed by atoms with Crippen LogP contribution in [0.3, 0.4) is 0 Å². The van der Waals surface area contributed by atoms with E-state index in [0.717, 1.165) is 42.0 Å². The van der Waals surface area contributed by atoms with E-state index in [1.807, 2.05) is 6.92 Å². The van der Waals surface area contributed by atoms with E-state index >= 15 is 0 Å². The molecule has 11 heteroatoms. The smallest absolute Gasteiger partial charge is 0.335 e. The van der Waals surface area contributed by atoms with Crippen LogP contribution in [-0.4, -0.2) is 43.4 Å². The first-order chi connectivity index (χ1) is 16.1. The third-order valence-electron chi connectivity index (χ3n) is 6.13. The summed E-state index contributed by atoms with van der Waals surface area (Å²) in [5.41, 5.74) is -0.387. The van der Waals surface area contributed by atoms with E-state index in [0.29, 0.717) is 25.1 Å². The van der Waals surface area contributed by atoms with Crippen molar-refractivity contribution < 1.29 is 26.7 Å². The molecule has 3 heterocycles. The van der Waals surface area contributed by atoms with Gasteiger partial charge < -0.3 is 4.90 Å². The molecular formula is C23H22F5N5O. The number of nitrogens with zero attached hydrogens (tertiary/aromatic N) is 5. The number of hydrogen-bond acceptors (Lipinski definition) is 4. The van der Waals surface area contributed by atoms with Crippen LogP contribution >= 0.6 is 0 Å². The molecular weight excluding hydrogens is 457 g/mol. The van der Waals surface area contributed by atoms with E-state index in [-0.39, 0.29) is 23.2 Å². The Bertz CT molecular complexity index is 1150. The van der Waals surface area contributed by atoms with Gasteiger partial charge in [0.1, 0.15) is 5.69 Å². The van der Waals surface area contributed by atoms with Crippen LogP contribution in [0.25, 0.3) is 5.69 Å². The highest BCUT2D eigenvalue weighted by molar-refractivity contribution is 5.98. The van der Waals surface area contributed by atoms with Gasteiger partial charge in [0, 0.05) is 30.5 Å². The number of hydrogen-bond donors (Lipinski definition) is 0. The summed E-state index contributed by atoms with van der Waals surface area (Å²) in [6.07, 6.45) is 1.48. The zero-order valence-electron chi connectivity index (χ0n) is 18.3. The standard InChI is InChI=1S/C23H22F5N5O/c1-14-3-2-10-32(20(14)7-6-16-5-4-15(13-29-16)23(26,27)28)22(34)17-11-18(24)19(25)12-21(17)33-30-8-9-31-33/h4-5,8-9,11-14,20H,2-3,6-7,10H2,1H3/t14-,20-/m1/s1. The molecule has 3 aromatic rings. The Morgan fingerprint density at radius 1 is 1.12 bits per heavy atom. The molecule has 34 heavy (non-hydrogen) atoms. The van der Waals surface area contributed by atoms with E-state index < -0.39 is 29.3 Å². The number of aromatic nitrogens is 4. The quantitative estimate of drug-likeness (QED) is 0.492. The highest BCUT2D eigenvalue weighted by atomic mass is 19.4. The van der Waals surface area contributed by atoms with Crippen molar-refractivity contribution in [2.45, 2.75) is 44.8 Å². The topological polar surface area (TPSA) is 63.9 Å². The van der Waals surface area contributed by atoms with Crippen molar-refractivity contribution in [2.24, 2.45) is 5.92 Å². The van der Waals surface area contributed by atoms with Gasteiger partial charge in [-0.2, -0.15) is 28.2 Å². The molecule has 1 fully saturated rings. The molecule has 0 spiro atoms. The first kappa shape index (κ1) is 23.8. The molecule has 4 rings (SSSR count). The molecule has 1 saturated heterocycles. The van der Waals surface area contributed by atoms with Gasteiger partial charge in [0.25, 0.3) is 5.91 Å². The molecule has 0 aliphatic carbocycles. The molecule has 180 valence electrons. The maximum Gasteiger partial charge on any atom is 0.417 e. The number of alkyl halides is 3. The van der Waals surface area contributed by atoms with Gasteiger partial charge in [-0.1, -0.05) is 6.92 Å². The first-order valence-electron chi connectivity index (χ1n) is 10.8. The molecule has 1 aliphatic rings. The summed E-state index contributed by atoms with van der Waals surface area (Å²) in [5, 5.41) is 7.87. The maximum absolute atomic E-state index is 14.1. The minimum Gasteiger partial charge on any atom is -0.335 e. The summed E-state index contributed by atoms with van der Waals surface area (Å²) in [7, 11) is 0. The van der Waals surface area contributed by atoms with Gasteiger partial charge in [-0.05, 0) is 49.8 Å². The fourth-order valence-corrected chi connectivity index (χ4v) is 4.35. The van der Waals surface area contributed by atoms with Gasteiger partial charge in [-0.25, -0.2) is 8.78 Å². The van der Waals surface area contributed by atoms with E-state index in [1.54, 1.807) is 4.90 Å². The maximum atomic E-state index is 14.1. The Balaban J connectivity index is 1.58. The third kappa shape index (κ3) is 4.92. The summed E-state index contributed by atoms with van der Waals surface area (Å²) in [6, 6.07) is 3.80. The molecule has 0 bridgehead atoms. The lowest BCUT2D eigenvalue weighted by Gasteiger charge is -2.40. The Hall–Kier alpha value is -3.37. The number of rotatable bonds is 5. The second-order valence-corrected chi connectivity index (χ2v) is 8.36. The molecule has 0 saturated carbocycles. The number of amides is 1. The molecule has 0 N–H and O–H groups in total. The lowest BCUT2D eigenvalue weighted by Crippen LogP contribution is -2.48. The van der Waals surface area contributed by atoms with Crippen LogP contribution in [0.4, 0.5) is 22.0 Å². The van der Waals surface area contributed by atoms with Crippen LogP contribution in [0.15, 0.2) is 42.9 Å². The van der Waals surface area contributed by atoms with Crippen LogP contribution in [0, 0.1) is 17.6 Å². The summed E-state index contributed by atoms with van der Waals surface area (Å²) >= 11 is 0. The fourth-order valence-electron chi connectivity index (χ4n) is 4.35. The van der Waals surface area contributed by atoms with E-state index in [4.69, 9.17) is 0 Å². The normalized spacial score (nSPS) is 18.8. The molecule has 1 aliphatic heterocycles. The third-order valence-corrected chi connectivity index (χ3v) is 6.13. The highest BCUT2D eigenvalue weighted by Crippen LogP contribution is 2.31. The van der Waals surface area contributed by atoms with E-state index in [1.165, 1.54) is 18.5 Å². The van der Waals surface area contributed by atoms with Crippen molar-refractivity contribution in [1.29, 1.82) is 0 Å². The van der Waals surface area contributed by atoms with Gasteiger partial charge in [0.15, 0.2) is 11.6 Å². The van der Waals surface area contributed by atoms with Gasteiger partial charge in [0.2, 0.25) is 0 Å². The average Bonchev–Trinajstić information content (AvgIpc) is 3.34. The van der Waals surface area contributed by atoms with Crippen molar-refractivity contribution in [2.75, 3.05) is 6.54 Å². The van der Waals surface area contributed by atoms with Crippen molar-refractivity contribution in [3.63, 3.8) is 0 Å². The number of benzene rings is 1. The average molecular weight is 479 g/mol. The van der Waals surface area contributed by atoms with Gasteiger partial charge in [-0.3, -0.25) is 9.78 Å². The second-order valence-electron chi connectivity index (χ2n) is 8.36. The molecule has 2 atom stereocenters. The fraction of sp³-hybridized carbons (Fsp3) is 0.391. The lowest BCUT2D eigenvalue weighted by molar-refractivity contribution is -0.137. The number of carbonyl (C=O) groups excluding carboxylic acids is 1. The van der Waals surface area contributed by atoms with Crippen LogP contribution in [-0.2, 0) is 12.6 Å². The minimum absolute atomic E-state index is 0.0234. The largest absolute Gasteiger partial charge is 0.417 e. The van der Waals surface area contributed by atoms with Gasteiger partial charge in [0.05, 0.1) is 23.5 Å².